The van der Waals surface area contributed by atoms with Gasteiger partial charge in [-0.05, 0) is 37.1 Å². The van der Waals surface area contributed by atoms with Crippen LogP contribution in [0, 0.1) is 6.92 Å². The minimum atomic E-state index is -0.136. The molecule has 1 heterocycles. The Bertz CT molecular complexity index is 724. The first-order valence-electron chi connectivity index (χ1n) is 8.69. The van der Waals surface area contributed by atoms with Gasteiger partial charge in [-0.15, -0.1) is 0 Å². The van der Waals surface area contributed by atoms with Crippen LogP contribution in [-0.4, -0.2) is 42.2 Å². The molecule has 2 aromatic rings. The van der Waals surface area contributed by atoms with Crippen molar-refractivity contribution >= 4 is 17.6 Å². The maximum absolute atomic E-state index is 12.7. The molecule has 0 unspecified atom stereocenters. The normalized spacial score (nSPS) is 11.8. The third-order valence-corrected chi connectivity index (χ3v) is 4.53. The Morgan fingerprint density at radius 3 is 2.77 bits per heavy atom. The number of ether oxygens (including phenoxy) is 1. The average molecular weight is 376 g/mol. The molecule has 1 atom stereocenters. The number of hydrogen-bond donors (Lipinski definition) is 1. The predicted molar refractivity (Wildman–Crippen MR) is 104 cm³/mol. The molecule has 0 radical (unpaired) electrons. The number of nitrogens with one attached hydrogen (secondary N) is 1. The number of rotatable bonds is 8. The van der Waals surface area contributed by atoms with Crippen molar-refractivity contribution in [3.63, 3.8) is 0 Å². The first kappa shape index (κ1) is 20.2. The molecular formula is C20H26ClN3O2. The summed E-state index contributed by atoms with van der Waals surface area (Å²) in [6, 6.07) is 11.3. The lowest BCUT2D eigenvalue weighted by Gasteiger charge is -2.25. The van der Waals surface area contributed by atoms with Crippen LogP contribution in [0.4, 0.5) is 4.79 Å². The van der Waals surface area contributed by atoms with Crippen molar-refractivity contribution in [3.8, 4) is 0 Å². The third-order valence-electron chi connectivity index (χ3n) is 4.16. The van der Waals surface area contributed by atoms with Crippen molar-refractivity contribution < 1.29 is 9.53 Å². The lowest BCUT2D eigenvalue weighted by Crippen LogP contribution is -2.45. The van der Waals surface area contributed by atoms with E-state index >= 15 is 0 Å². The molecule has 1 N–H and O–H groups in total. The summed E-state index contributed by atoms with van der Waals surface area (Å²) in [5, 5.41) is 3.71. The van der Waals surface area contributed by atoms with Crippen LogP contribution >= 0.6 is 11.6 Å². The summed E-state index contributed by atoms with van der Waals surface area (Å²) in [5.74, 6) is 0. The van der Waals surface area contributed by atoms with Gasteiger partial charge in [0.2, 0.25) is 0 Å². The number of halogens is 1. The molecule has 5 nitrogen and oxygen atoms in total. The first-order chi connectivity index (χ1) is 12.5. The van der Waals surface area contributed by atoms with Crippen LogP contribution in [0.25, 0.3) is 0 Å². The second kappa shape index (κ2) is 10.1. The van der Waals surface area contributed by atoms with Crippen LogP contribution in [0.15, 0.2) is 42.6 Å². The number of amides is 2. The molecule has 26 heavy (non-hydrogen) atoms. The smallest absolute Gasteiger partial charge is 0.317 e. The van der Waals surface area contributed by atoms with E-state index in [0.29, 0.717) is 31.1 Å². The highest BCUT2D eigenvalue weighted by Gasteiger charge is 2.18. The Kier molecular flexibility index (Phi) is 7.88. The number of hydrogen-bond acceptors (Lipinski definition) is 3. The molecule has 0 saturated carbocycles. The Hall–Kier alpha value is -2.11. The Balaban J connectivity index is 2.01. The van der Waals surface area contributed by atoms with Crippen LogP contribution in [0.1, 0.15) is 23.7 Å². The van der Waals surface area contributed by atoms with Gasteiger partial charge in [-0.1, -0.05) is 35.9 Å². The highest BCUT2D eigenvalue weighted by atomic mass is 35.5. The number of aromatic nitrogens is 1. The molecule has 2 amide bonds. The molecule has 1 aromatic carbocycles. The maximum atomic E-state index is 12.7. The summed E-state index contributed by atoms with van der Waals surface area (Å²) in [5.41, 5.74) is 3.03. The van der Waals surface area contributed by atoms with E-state index in [1.54, 1.807) is 18.2 Å². The number of nitrogens with zero attached hydrogens (tertiary/aromatic N) is 2. The Morgan fingerprint density at radius 2 is 2.08 bits per heavy atom. The van der Waals surface area contributed by atoms with Gasteiger partial charge in [-0.2, -0.15) is 0 Å². The van der Waals surface area contributed by atoms with Gasteiger partial charge in [-0.3, -0.25) is 4.98 Å². The summed E-state index contributed by atoms with van der Waals surface area (Å²) < 4.78 is 5.14. The van der Waals surface area contributed by atoms with Crippen LogP contribution in [-0.2, 0) is 17.7 Å². The SMILES string of the molecule is COCCN(Cc1ccccc1Cl)C(=O)N[C@@H](C)Cc1ncccc1C. The zero-order chi connectivity index (χ0) is 18.9. The molecule has 0 fully saturated rings. The van der Waals surface area contributed by atoms with E-state index in [-0.39, 0.29) is 12.1 Å². The number of carbonyl (C=O) groups excluding carboxylic acids is 1. The van der Waals surface area contributed by atoms with Gasteiger partial charge in [0.05, 0.1) is 6.61 Å². The molecule has 0 saturated heterocycles. The zero-order valence-electron chi connectivity index (χ0n) is 15.5. The van der Waals surface area contributed by atoms with Gasteiger partial charge in [0.15, 0.2) is 0 Å². The summed E-state index contributed by atoms with van der Waals surface area (Å²) in [4.78, 5) is 18.9. The predicted octanol–water partition coefficient (Wildman–Crippen LogP) is 3.83. The maximum Gasteiger partial charge on any atom is 0.317 e. The van der Waals surface area contributed by atoms with Gasteiger partial charge in [-0.25, -0.2) is 4.79 Å². The number of benzene rings is 1. The fraction of sp³-hybridized carbons (Fsp3) is 0.400. The first-order valence-corrected chi connectivity index (χ1v) is 9.07. The minimum absolute atomic E-state index is 0.0348. The standard InChI is InChI=1S/C20H26ClN3O2/c1-15-7-6-10-22-19(15)13-16(2)23-20(25)24(11-12-26-3)14-17-8-4-5-9-18(17)21/h4-10,16H,11-14H2,1-3H3,(H,23,25)/t16-/m0/s1. The summed E-state index contributed by atoms with van der Waals surface area (Å²) in [6.07, 6.45) is 2.46. The monoisotopic (exact) mass is 375 g/mol. The van der Waals surface area contributed by atoms with Gasteiger partial charge in [0, 0.05) is 49.6 Å². The Morgan fingerprint density at radius 1 is 1.31 bits per heavy atom. The zero-order valence-corrected chi connectivity index (χ0v) is 16.3. The average Bonchev–Trinajstić information content (AvgIpc) is 2.62. The molecule has 2 rings (SSSR count). The number of pyridine rings is 1. The molecule has 6 heteroatoms. The second-order valence-corrected chi connectivity index (χ2v) is 6.73. The molecule has 0 spiro atoms. The van der Waals surface area contributed by atoms with Crippen LogP contribution in [0.5, 0.6) is 0 Å². The van der Waals surface area contributed by atoms with Crippen LogP contribution in [0.2, 0.25) is 5.02 Å². The topological polar surface area (TPSA) is 54.5 Å². The van der Waals surface area contributed by atoms with Crippen LogP contribution < -0.4 is 5.32 Å². The van der Waals surface area contributed by atoms with E-state index in [4.69, 9.17) is 16.3 Å². The quantitative estimate of drug-likeness (QED) is 0.762. The van der Waals surface area contributed by atoms with E-state index in [1.165, 1.54) is 0 Å². The molecule has 0 bridgehead atoms. The van der Waals surface area contributed by atoms with Crippen molar-refractivity contribution in [2.24, 2.45) is 0 Å². The van der Waals surface area contributed by atoms with E-state index in [2.05, 4.69) is 10.3 Å². The molecule has 140 valence electrons. The van der Waals surface area contributed by atoms with E-state index in [0.717, 1.165) is 16.8 Å². The largest absolute Gasteiger partial charge is 0.383 e. The van der Waals surface area contributed by atoms with Crippen molar-refractivity contribution in [3.05, 3.63) is 64.4 Å². The van der Waals surface area contributed by atoms with E-state index < -0.39 is 0 Å². The van der Waals surface area contributed by atoms with Crippen molar-refractivity contribution in [1.82, 2.24) is 15.2 Å². The van der Waals surface area contributed by atoms with Crippen molar-refractivity contribution in [1.29, 1.82) is 0 Å². The molecular weight excluding hydrogens is 350 g/mol. The number of aryl methyl sites for hydroxylation is 1. The highest BCUT2D eigenvalue weighted by Crippen LogP contribution is 2.17. The Labute approximate surface area is 160 Å². The third kappa shape index (κ3) is 6.00. The summed E-state index contributed by atoms with van der Waals surface area (Å²) >= 11 is 6.24. The molecule has 0 aliphatic carbocycles. The number of methoxy groups -OCH3 is 1. The fourth-order valence-electron chi connectivity index (χ4n) is 2.66. The van der Waals surface area contributed by atoms with Gasteiger partial charge in [0.25, 0.3) is 0 Å². The second-order valence-electron chi connectivity index (χ2n) is 6.33. The minimum Gasteiger partial charge on any atom is -0.383 e. The summed E-state index contributed by atoms with van der Waals surface area (Å²) in [6.45, 7) is 5.40. The lowest BCUT2D eigenvalue weighted by atomic mass is 10.1. The number of urea groups is 1. The molecule has 0 aliphatic heterocycles. The van der Waals surface area contributed by atoms with Crippen molar-refractivity contribution in [2.45, 2.75) is 32.9 Å². The van der Waals surface area contributed by atoms with Gasteiger partial charge >= 0.3 is 6.03 Å². The highest BCUT2D eigenvalue weighted by molar-refractivity contribution is 6.31. The summed E-state index contributed by atoms with van der Waals surface area (Å²) in [7, 11) is 1.62. The molecule has 0 aliphatic rings. The van der Waals surface area contributed by atoms with Crippen LogP contribution in [0.3, 0.4) is 0 Å². The fourth-order valence-corrected chi connectivity index (χ4v) is 2.86. The van der Waals surface area contributed by atoms with E-state index in [1.807, 2.05) is 50.2 Å². The van der Waals surface area contributed by atoms with Gasteiger partial charge < -0.3 is 15.0 Å². The lowest BCUT2D eigenvalue weighted by molar-refractivity contribution is 0.145. The van der Waals surface area contributed by atoms with E-state index in [9.17, 15) is 4.79 Å². The number of carbonyl (C=O) groups is 1. The van der Waals surface area contributed by atoms with Gasteiger partial charge in [0.1, 0.15) is 0 Å². The molecule has 1 aromatic heterocycles. The van der Waals surface area contributed by atoms with Crippen molar-refractivity contribution in [2.75, 3.05) is 20.3 Å².